The molecular weight excluding hydrogens is 352 g/mol. The van der Waals surface area contributed by atoms with Crippen molar-refractivity contribution in [2.24, 2.45) is 5.92 Å². The van der Waals surface area contributed by atoms with Crippen molar-refractivity contribution in [3.63, 3.8) is 0 Å². The molecule has 1 aliphatic heterocycles. The van der Waals surface area contributed by atoms with Crippen molar-refractivity contribution in [1.82, 2.24) is 25.1 Å². The lowest BCUT2D eigenvalue weighted by Gasteiger charge is -2.40. The molecule has 3 rings (SSSR count). The van der Waals surface area contributed by atoms with E-state index in [9.17, 15) is 0 Å². The van der Waals surface area contributed by atoms with E-state index >= 15 is 0 Å². The average Bonchev–Trinajstić information content (AvgIpc) is 3.15. The maximum atomic E-state index is 5.22. The van der Waals surface area contributed by atoms with Crippen LogP contribution in [-0.4, -0.2) is 65.0 Å². The fourth-order valence-corrected chi connectivity index (χ4v) is 4.00. The lowest BCUT2D eigenvalue weighted by atomic mass is 10.0. The third-order valence-corrected chi connectivity index (χ3v) is 5.73. The van der Waals surface area contributed by atoms with Crippen LogP contribution in [0.5, 0.6) is 0 Å². The van der Waals surface area contributed by atoms with Gasteiger partial charge in [0.1, 0.15) is 0 Å². The van der Waals surface area contributed by atoms with Crippen LogP contribution in [0, 0.1) is 19.8 Å². The molecule has 7 heteroatoms. The van der Waals surface area contributed by atoms with Crippen molar-refractivity contribution in [2.75, 3.05) is 44.8 Å². The molecule has 1 aromatic heterocycles. The first kappa shape index (κ1) is 20.7. The zero-order valence-electron chi connectivity index (χ0n) is 17.9. The number of benzene rings is 1. The van der Waals surface area contributed by atoms with E-state index in [0.717, 1.165) is 38.4 Å². The number of nitrogens with zero attached hydrogens (tertiary/aromatic N) is 6. The molecule has 1 aromatic carbocycles. The number of tetrazole rings is 1. The summed E-state index contributed by atoms with van der Waals surface area (Å²) in [5.41, 5.74) is 4.11. The summed E-state index contributed by atoms with van der Waals surface area (Å²) in [5, 5.41) is 12.5. The number of anilines is 1. The van der Waals surface area contributed by atoms with Crippen LogP contribution < -0.4 is 4.90 Å². The molecule has 28 heavy (non-hydrogen) atoms. The molecule has 7 nitrogen and oxygen atoms in total. The van der Waals surface area contributed by atoms with Gasteiger partial charge in [-0.05, 0) is 53.8 Å². The zero-order valence-corrected chi connectivity index (χ0v) is 17.9. The maximum absolute atomic E-state index is 5.22. The molecule has 154 valence electrons. The van der Waals surface area contributed by atoms with Gasteiger partial charge >= 0.3 is 0 Å². The predicted molar refractivity (Wildman–Crippen MR) is 112 cm³/mol. The molecule has 0 amide bonds. The minimum atomic E-state index is 0.243. The van der Waals surface area contributed by atoms with Crippen LogP contribution in [0.4, 0.5) is 5.69 Å². The van der Waals surface area contributed by atoms with Crippen molar-refractivity contribution in [1.29, 1.82) is 0 Å². The van der Waals surface area contributed by atoms with E-state index in [0.29, 0.717) is 19.1 Å². The van der Waals surface area contributed by atoms with E-state index in [2.05, 4.69) is 71.2 Å². The molecule has 1 saturated heterocycles. The Morgan fingerprint density at radius 1 is 1.11 bits per heavy atom. The molecule has 0 spiro atoms. The third kappa shape index (κ3) is 4.70. The van der Waals surface area contributed by atoms with Gasteiger partial charge in [-0.3, -0.25) is 4.90 Å². The lowest BCUT2D eigenvalue weighted by molar-refractivity contribution is 0.145. The van der Waals surface area contributed by atoms with E-state index in [1.54, 1.807) is 7.11 Å². The fraction of sp³-hybridized carbons (Fsp3) is 0.667. The molecule has 0 unspecified atom stereocenters. The quantitative estimate of drug-likeness (QED) is 0.695. The number of hydrogen-bond acceptors (Lipinski definition) is 6. The highest BCUT2D eigenvalue weighted by molar-refractivity contribution is 5.56. The van der Waals surface area contributed by atoms with E-state index < -0.39 is 0 Å². The van der Waals surface area contributed by atoms with Gasteiger partial charge in [-0.1, -0.05) is 26.0 Å². The SMILES string of the molecule is COCCn1nnnc1[C@H](CC(C)C)N1CCN(c2cccc(C)c2C)CC1. The summed E-state index contributed by atoms with van der Waals surface area (Å²) in [4.78, 5) is 5.07. The van der Waals surface area contributed by atoms with Gasteiger partial charge in [-0.15, -0.1) is 5.10 Å². The van der Waals surface area contributed by atoms with Gasteiger partial charge in [0.25, 0.3) is 0 Å². The summed E-state index contributed by atoms with van der Waals surface area (Å²) in [6.07, 6.45) is 1.05. The molecule has 0 aliphatic carbocycles. The molecule has 0 radical (unpaired) electrons. The van der Waals surface area contributed by atoms with E-state index in [1.165, 1.54) is 16.8 Å². The van der Waals surface area contributed by atoms with Crippen LogP contribution >= 0.6 is 0 Å². The lowest BCUT2D eigenvalue weighted by Crippen LogP contribution is -2.48. The summed E-state index contributed by atoms with van der Waals surface area (Å²) in [6, 6.07) is 6.84. The highest BCUT2D eigenvalue weighted by Crippen LogP contribution is 2.29. The summed E-state index contributed by atoms with van der Waals surface area (Å²) in [5.74, 6) is 1.54. The minimum Gasteiger partial charge on any atom is -0.383 e. The Kier molecular flexibility index (Phi) is 7.02. The highest BCUT2D eigenvalue weighted by Gasteiger charge is 2.30. The average molecular weight is 387 g/mol. The van der Waals surface area contributed by atoms with Gasteiger partial charge in [0, 0.05) is 39.0 Å². The topological polar surface area (TPSA) is 59.3 Å². The number of hydrogen-bond donors (Lipinski definition) is 0. The van der Waals surface area contributed by atoms with Gasteiger partial charge in [0.05, 0.1) is 19.2 Å². The van der Waals surface area contributed by atoms with E-state index in [1.807, 2.05) is 4.68 Å². The van der Waals surface area contributed by atoms with Crippen molar-refractivity contribution in [3.8, 4) is 0 Å². The minimum absolute atomic E-state index is 0.243. The highest BCUT2D eigenvalue weighted by atomic mass is 16.5. The normalized spacial score (nSPS) is 16.7. The number of piperazine rings is 1. The number of ether oxygens (including phenoxy) is 1. The second-order valence-electron chi connectivity index (χ2n) is 8.14. The van der Waals surface area contributed by atoms with Gasteiger partial charge in [0.2, 0.25) is 0 Å². The van der Waals surface area contributed by atoms with Crippen LogP contribution in [0.15, 0.2) is 18.2 Å². The van der Waals surface area contributed by atoms with Gasteiger partial charge in [-0.2, -0.15) is 0 Å². The van der Waals surface area contributed by atoms with Crippen LogP contribution in [0.25, 0.3) is 0 Å². The predicted octanol–water partition coefficient (Wildman–Crippen LogP) is 2.85. The standard InChI is InChI=1S/C21H34N6O/c1-16(2)15-20(21-22-23-24-27(21)13-14-28-5)26-11-9-25(10-12-26)19-8-6-7-17(3)18(19)4/h6-8,16,20H,9-15H2,1-5H3/t20-/m0/s1. The Hall–Kier alpha value is -1.99. The molecule has 0 saturated carbocycles. The number of aromatic nitrogens is 4. The Morgan fingerprint density at radius 3 is 2.54 bits per heavy atom. The Balaban J connectivity index is 1.73. The molecule has 1 atom stereocenters. The van der Waals surface area contributed by atoms with Crippen LogP contribution in [0.2, 0.25) is 0 Å². The summed E-state index contributed by atoms with van der Waals surface area (Å²) in [7, 11) is 1.71. The molecule has 0 N–H and O–H groups in total. The largest absolute Gasteiger partial charge is 0.383 e. The van der Waals surface area contributed by atoms with E-state index in [4.69, 9.17) is 4.74 Å². The summed E-state index contributed by atoms with van der Waals surface area (Å²) < 4.78 is 7.13. The molecule has 1 fully saturated rings. The number of methoxy groups -OCH3 is 1. The first-order chi connectivity index (χ1) is 13.5. The second kappa shape index (κ2) is 9.47. The summed E-state index contributed by atoms with van der Waals surface area (Å²) >= 11 is 0. The fourth-order valence-electron chi connectivity index (χ4n) is 4.00. The Morgan fingerprint density at radius 2 is 1.86 bits per heavy atom. The Bertz CT molecular complexity index is 751. The van der Waals surface area contributed by atoms with Crippen molar-refractivity contribution < 1.29 is 4.74 Å². The van der Waals surface area contributed by atoms with Crippen LogP contribution in [0.1, 0.15) is 43.3 Å². The monoisotopic (exact) mass is 386 g/mol. The molecular formula is C21H34N6O. The van der Waals surface area contributed by atoms with Gasteiger partial charge in [-0.25, -0.2) is 4.68 Å². The first-order valence-electron chi connectivity index (χ1n) is 10.3. The molecule has 1 aliphatic rings. The van der Waals surface area contributed by atoms with Crippen LogP contribution in [0.3, 0.4) is 0 Å². The van der Waals surface area contributed by atoms with Gasteiger partial charge in [0.15, 0.2) is 5.82 Å². The first-order valence-corrected chi connectivity index (χ1v) is 10.3. The zero-order chi connectivity index (χ0) is 20.1. The van der Waals surface area contributed by atoms with Crippen molar-refractivity contribution >= 4 is 5.69 Å². The van der Waals surface area contributed by atoms with Gasteiger partial charge < -0.3 is 9.64 Å². The number of aryl methyl sites for hydroxylation is 1. The molecule has 2 aromatic rings. The molecule has 2 heterocycles. The second-order valence-corrected chi connectivity index (χ2v) is 8.14. The Labute approximate surface area is 168 Å². The summed E-state index contributed by atoms with van der Waals surface area (Å²) in [6.45, 7) is 14.3. The van der Waals surface area contributed by atoms with E-state index in [-0.39, 0.29) is 6.04 Å². The van der Waals surface area contributed by atoms with Crippen molar-refractivity contribution in [3.05, 3.63) is 35.2 Å². The van der Waals surface area contributed by atoms with Crippen molar-refractivity contribution in [2.45, 2.75) is 46.7 Å². The third-order valence-electron chi connectivity index (χ3n) is 5.73. The maximum Gasteiger partial charge on any atom is 0.168 e. The van der Waals surface area contributed by atoms with Crippen LogP contribution in [-0.2, 0) is 11.3 Å². The smallest absolute Gasteiger partial charge is 0.168 e. The number of rotatable bonds is 8. The molecule has 0 bridgehead atoms.